The predicted octanol–water partition coefficient (Wildman–Crippen LogP) is 1.65. The van der Waals surface area contributed by atoms with Crippen molar-refractivity contribution in [1.82, 2.24) is 0 Å². The third-order valence-corrected chi connectivity index (χ3v) is 3.35. The van der Waals surface area contributed by atoms with E-state index in [1.807, 2.05) is 24.3 Å². The summed E-state index contributed by atoms with van der Waals surface area (Å²) in [5.74, 6) is -0.327. The van der Waals surface area contributed by atoms with Gasteiger partial charge in [-0.15, -0.1) is 0 Å². The highest BCUT2D eigenvalue weighted by molar-refractivity contribution is 9.10. The van der Waals surface area contributed by atoms with E-state index in [-0.39, 0.29) is 5.91 Å². The van der Waals surface area contributed by atoms with Gasteiger partial charge in [0.05, 0.1) is 11.4 Å². The lowest BCUT2D eigenvalue weighted by Crippen LogP contribution is -2.32. The summed E-state index contributed by atoms with van der Waals surface area (Å²) in [6, 6.07) is 5.76. The van der Waals surface area contributed by atoms with Crippen molar-refractivity contribution in [2.45, 2.75) is 6.42 Å². The van der Waals surface area contributed by atoms with E-state index in [9.17, 15) is 4.79 Å². The van der Waals surface area contributed by atoms with Crippen LogP contribution in [-0.2, 0) is 4.79 Å². The Balaban J connectivity index is 2.21. The lowest BCUT2D eigenvalue weighted by atomic mass is 10.1. The summed E-state index contributed by atoms with van der Waals surface area (Å²) in [4.78, 5) is 13.2. The number of rotatable bonds is 2. The Morgan fingerprint density at radius 2 is 2.18 bits per heavy atom. The molecule has 0 aromatic heterocycles. The second-order valence-corrected chi connectivity index (χ2v) is 4.91. The monoisotopic (exact) mass is 295 g/mol. The molecule has 0 spiro atoms. The Labute approximate surface area is 108 Å². The lowest BCUT2D eigenvalue weighted by Gasteiger charge is -2.28. The Bertz CT molecular complexity index is 485. The molecule has 1 aromatic rings. The first-order valence-electron chi connectivity index (χ1n) is 5.37. The van der Waals surface area contributed by atoms with Gasteiger partial charge < -0.3 is 16.4 Å². The number of hydrogen-bond donors (Lipinski definition) is 2. The van der Waals surface area contributed by atoms with E-state index in [1.165, 1.54) is 0 Å². The number of benzene rings is 1. The van der Waals surface area contributed by atoms with Crippen molar-refractivity contribution in [3.05, 3.63) is 34.3 Å². The van der Waals surface area contributed by atoms with Crippen molar-refractivity contribution in [3.63, 3.8) is 0 Å². The highest BCUT2D eigenvalue weighted by atomic mass is 79.9. The number of amides is 1. The molecule has 0 atom stereocenters. The molecule has 0 aliphatic carbocycles. The third-order valence-electron chi connectivity index (χ3n) is 2.86. The van der Waals surface area contributed by atoms with Crippen molar-refractivity contribution in [2.75, 3.05) is 23.7 Å². The Hall–Kier alpha value is -1.49. The first-order valence-corrected chi connectivity index (χ1v) is 6.16. The topological polar surface area (TPSA) is 72.4 Å². The summed E-state index contributed by atoms with van der Waals surface area (Å²) in [5.41, 5.74) is 13.6. The molecule has 90 valence electrons. The minimum absolute atomic E-state index is 0.327. The zero-order valence-corrected chi connectivity index (χ0v) is 10.9. The average molecular weight is 296 g/mol. The number of carbonyl (C=O) groups excluding carboxylic acids is 1. The maximum Gasteiger partial charge on any atom is 0.244 e. The van der Waals surface area contributed by atoms with Gasteiger partial charge in [-0.25, -0.2) is 0 Å². The standard InChI is InChI=1S/C12H14BrN3O/c13-9-1-2-10(14)11(7-9)16-5-3-8(4-6-16)12(15)17/h1-3,7H,4-6,14H2,(H2,15,17). The number of hydrogen-bond acceptors (Lipinski definition) is 3. The molecule has 0 saturated carbocycles. The van der Waals surface area contributed by atoms with Gasteiger partial charge in [-0.2, -0.15) is 0 Å². The number of halogens is 1. The molecular formula is C12H14BrN3O. The lowest BCUT2D eigenvalue weighted by molar-refractivity contribution is -0.114. The highest BCUT2D eigenvalue weighted by Crippen LogP contribution is 2.29. The van der Waals surface area contributed by atoms with Crippen LogP contribution in [0.3, 0.4) is 0 Å². The molecule has 0 bridgehead atoms. The fourth-order valence-electron chi connectivity index (χ4n) is 1.90. The van der Waals surface area contributed by atoms with Gasteiger partial charge in [0.2, 0.25) is 5.91 Å². The molecule has 0 saturated heterocycles. The maximum atomic E-state index is 11.0. The molecule has 1 amide bonds. The van der Waals surface area contributed by atoms with Crippen LogP contribution in [0.15, 0.2) is 34.3 Å². The van der Waals surface area contributed by atoms with Crippen LogP contribution in [0.2, 0.25) is 0 Å². The molecule has 0 radical (unpaired) electrons. The van der Waals surface area contributed by atoms with E-state index in [2.05, 4.69) is 20.8 Å². The van der Waals surface area contributed by atoms with Crippen LogP contribution >= 0.6 is 15.9 Å². The van der Waals surface area contributed by atoms with E-state index in [0.717, 1.165) is 22.4 Å². The first kappa shape index (κ1) is 12.0. The molecule has 1 aliphatic rings. The van der Waals surface area contributed by atoms with E-state index < -0.39 is 0 Å². The Morgan fingerprint density at radius 3 is 2.76 bits per heavy atom. The summed E-state index contributed by atoms with van der Waals surface area (Å²) in [7, 11) is 0. The van der Waals surface area contributed by atoms with E-state index >= 15 is 0 Å². The van der Waals surface area contributed by atoms with Crippen molar-refractivity contribution in [3.8, 4) is 0 Å². The van der Waals surface area contributed by atoms with Gasteiger partial charge in [0.15, 0.2) is 0 Å². The zero-order chi connectivity index (χ0) is 12.4. The molecule has 1 aliphatic heterocycles. The van der Waals surface area contributed by atoms with Crippen LogP contribution < -0.4 is 16.4 Å². The third kappa shape index (κ3) is 2.61. The molecule has 4 N–H and O–H groups in total. The minimum atomic E-state index is -0.327. The number of nitrogen functional groups attached to an aromatic ring is 1. The second kappa shape index (κ2) is 4.79. The fraction of sp³-hybridized carbons (Fsp3) is 0.250. The zero-order valence-electron chi connectivity index (χ0n) is 9.32. The normalized spacial score (nSPS) is 15.6. The number of carbonyl (C=O) groups is 1. The summed E-state index contributed by atoms with van der Waals surface area (Å²) >= 11 is 3.43. The Kier molecular flexibility index (Phi) is 3.38. The minimum Gasteiger partial charge on any atom is -0.397 e. The summed E-state index contributed by atoms with van der Waals surface area (Å²) in [6.45, 7) is 1.42. The molecule has 1 heterocycles. The largest absolute Gasteiger partial charge is 0.397 e. The molecule has 0 fully saturated rings. The van der Waals surface area contributed by atoms with E-state index in [4.69, 9.17) is 11.5 Å². The molecule has 0 unspecified atom stereocenters. The fourth-order valence-corrected chi connectivity index (χ4v) is 2.25. The van der Waals surface area contributed by atoms with Gasteiger partial charge in [-0.1, -0.05) is 22.0 Å². The van der Waals surface area contributed by atoms with Crippen LogP contribution in [0.25, 0.3) is 0 Å². The maximum absolute atomic E-state index is 11.0. The molecule has 5 heteroatoms. The highest BCUT2D eigenvalue weighted by Gasteiger charge is 2.16. The van der Waals surface area contributed by atoms with E-state index in [1.54, 1.807) is 0 Å². The SMILES string of the molecule is NC(=O)C1=CCN(c2cc(Br)ccc2N)CC1. The van der Waals surface area contributed by atoms with Crippen molar-refractivity contribution in [1.29, 1.82) is 0 Å². The van der Waals surface area contributed by atoms with Crippen LogP contribution in [0.5, 0.6) is 0 Å². The van der Waals surface area contributed by atoms with Crippen molar-refractivity contribution < 1.29 is 4.79 Å². The summed E-state index contributed by atoms with van der Waals surface area (Å²) in [6.07, 6.45) is 2.54. The smallest absolute Gasteiger partial charge is 0.244 e. The predicted molar refractivity (Wildman–Crippen MR) is 72.7 cm³/mol. The van der Waals surface area contributed by atoms with Crippen LogP contribution in [0, 0.1) is 0 Å². The number of nitrogens with two attached hydrogens (primary N) is 2. The molecule has 17 heavy (non-hydrogen) atoms. The van der Waals surface area contributed by atoms with Gasteiger partial charge >= 0.3 is 0 Å². The van der Waals surface area contributed by atoms with Crippen LogP contribution in [-0.4, -0.2) is 19.0 Å². The van der Waals surface area contributed by atoms with Crippen LogP contribution in [0.4, 0.5) is 11.4 Å². The molecule has 2 rings (SSSR count). The molecular weight excluding hydrogens is 282 g/mol. The van der Waals surface area contributed by atoms with Gasteiger partial charge in [0.1, 0.15) is 0 Å². The Morgan fingerprint density at radius 1 is 1.41 bits per heavy atom. The number of anilines is 2. The van der Waals surface area contributed by atoms with Gasteiger partial charge in [-0.05, 0) is 24.6 Å². The molecule has 1 aromatic carbocycles. The summed E-state index contributed by atoms with van der Waals surface area (Å²) in [5, 5.41) is 0. The van der Waals surface area contributed by atoms with E-state index in [0.29, 0.717) is 18.5 Å². The van der Waals surface area contributed by atoms with Crippen LogP contribution in [0.1, 0.15) is 6.42 Å². The van der Waals surface area contributed by atoms with Gasteiger partial charge in [0, 0.05) is 23.1 Å². The van der Waals surface area contributed by atoms with Crippen molar-refractivity contribution >= 4 is 33.2 Å². The average Bonchev–Trinajstić information content (AvgIpc) is 2.32. The number of primary amides is 1. The van der Waals surface area contributed by atoms with Crippen molar-refractivity contribution in [2.24, 2.45) is 5.73 Å². The first-order chi connectivity index (χ1) is 8.08. The molecule has 4 nitrogen and oxygen atoms in total. The van der Waals surface area contributed by atoms with Gasteiger partial charge in [0.25, 0.3) is 0 Å². The van der Waals surface area contributed by atoms with Gasteiger partial charge in [-0.3, -0.25) is 4.79 Å². The second-order valence-electron chi connectivity index (χ2n) is 3.99. The number of nitrogens with zero attached hydrogens (tertiary/aromatic N) is 1. The quantitative estimate of drug-likeness (QED) is 0.815. The summed E-state index contributed by atoms with van der Waals surface area (Å²) < 4.78 is 0.992.